The van der Waals surface area contributed by atoms with E-state index in [9.17, 15) is 5.11 Å². The highest BCUT2D eigenvalue weighted by Crippen LogP contribution is 2.32. The van der Waals surface area contributed by atoms with Crippen molar-refractivity contribution in [3.05, 3.63) is 64.2 Å². The Morgan fingerprint density at radius 3 is 2.17 bits per heavy atom. The van der Waals surface area contributed by atoms with Gasteiger partial charge in [0.25, 0.3) is 0 Å². The van der Waals surface area contributed by atoms with Crippen molar-refractivity contribution < 1.29 is 5.11 Å². The van der Waals surface area contributed by atoms with Crippen LogP contribution in [-0.4, -0.2) is 9.97 Å². The lowest BCUT2D eigenvalue weighted by molar-refractivity contribution is 0.466. The van der Waals surface area contributed by atoms with E-state index < -0.39 is 0 Å². The molecule has 0 fully saturated rings. The Morgan fingerprint density at radius 1 is 1.13 bits per heavy atom. The van der Waals surface area contributed by atoms with E-state index >= 15 is 0 Å². The predicted molar refractivity (Wildman–Crippen MR) is 104 cm³/mol. The summed E-state index contributed by atoms with van der Waals surface area (Å²) in [5.74, 6) is 0.195. The van der Waals surface area contributed by atoms with Crippen LogP contribution in [0.2, 0.25) is 0 Å². The van der Waals surface area contributed by atoms with Crippen LogP contribution < -0.4 is 5.73 Å². The first-order valence-corrected chi connectivity index (χ1v) is 7.82. The fourth-order valence-corrected chi connectivity index (χ4v) is 2.61. The molecular formula is C19H24ClNOS. The van der Waals surface area contributed by atoms with Gasteiger partial charge in [-0.15, -0.1) is 12.4 Å². The number of rotatable bonds is 3. The van der Waals surface area contributed by atoms with Crippen molar-refractivity contribution >= 4 is 29.5 Å². The lowest BCUT2D eigenvalue weighted by Crippen LogP contribution is -2.14. The van der Waals surface area contributed by atoms with Gasteiger partial charge in [0.1, 0.15) is 5.75 Å². The van der Waals surface area contributed by atoms with Crippen molar-refractivity contribution in [2.75, 3.05) is 0 Å². The minimum Gasteiger partial charge on any atom is -0.507 e. The van der Waals surface area contributed by atoms with Crippen molar-refractivity contribution in [2.24, 2.45) is 5.73 Å². The van der Waals surface area contributed by atoms with Crippen LogP contribution in [0.1, 0.15) is 48.6 Å². The Balaban J connectivity index is 0.00000264. The minimum absolute atomic E-state index is 0. The fourth-order valence-electron chi connectivity index (χ4n) is 2.32. The Morgan fingerprint density at radius 2 is 1.70 bits per heavy atom. The van der Waals surface area contributed by atoms with E-state index in [-0.39, 0.29) is 23.6 Å². The zero-order valence-corrected chi connectivity index (χ0v) is 15.6. The first-order valence-electron chi connectivity index (χ1n) is 7.42. The fraction of sp³-hybridized carbons (Fsp3) is 0.316. The molecule has 0 amide bonds. The number of aryl methyl sites for hydroxylation is 1. The first-order chi connectivity index (χ1) is 10.2. The topological polar surface area (TPSA) is 46.2 Å². The van der Waals surface area contributed by atoms with Gasteiger partial charge in [0, 0.05) is 17.7 Å². The number of hydrogen-bond acceptors (Lipinski definition) is 3. The summed E-state index contributed by atoms with van der Waals surface area (Å²) >= 11 is 5.61. The highest BCUT2D eigenvalue weighted by Gasteiger charge is 2.20. The van der Waals surface area contributed by atoms with Crippen LogP contribution >= 0.6 is 24.6 Å². The lowest BCUT2D eigenvalue weighted by atomic mass is 9.84. The number of phenolic OH excluding ortho intramolecular Hbond substituents is 1. The van der Waals surface area contributed by atoms with Gasteiger partial charge < -0.3 is 10.8 Å². The van der Waals surface area contributed by atoms with Crippen LogP contribution in [0, 0.1) is 6.92 Å². The number of benzene rings is 2. The second-order valence-electron chi connectivity index (χ2n) is 6.68. The largest absolute Gasteiger partial charge is 0.507 e. The van der Waals surface area contributed by atoms with Crippen LogP contribution in [0.3, 0.4) is 0 Å². The molecule has 0 heterocycles. The molecule has 124 valence electrons. The van der Waals surface area contributed by atoms with Gasteiger partial charge in [-0.1, -0.05) is 68.9 Å². The SMILES string of the molecule is Cc1ccc(C(=S)c2cc(C(C)(C)C)cc(CN)c2O)cc1.Cl. The van der Waals surface area contributed by atoms with Gasteiger partial charge in [-0.25, -0.2) is 0 Å². The molecule has 2 nitrogen and oxygen atoms in total. The number of nitrogens with two attached hydrogens (primary N) is 1. The Hall–Kier alpha value is -1.42. The molecule has 4 heteroatoms. The maximum atomic E-state index is 10.5. The standard InChI is InChI=1S/C19H23NOS.ClH/c1-12-5-7-13(8-6-12)18(22)16-10-15(19(2,3)4)9-14(11-20)17(16)21;/h5-10,21H,11,20H2,1-4H3;1H. The van der Waals surface area contributed by atoms with Crippen molar-refractivity contribution in [3.8, 4) is 5.75 Å². The third kappa shape index (κ3) is 4.31. The number of phenols is 1. The van der Waals surface area contributed by atoms with Crippen molar-refractivity contribution in [2.45, 2.75) is 39.7 Å². The summed E-state index contributed by atoms with van der Waals surface area (Å²) in [5, 5.41) is 10.5. The average Bonchev–Trinajstić information content (AvgIpc) is 2.46. The Kier molecular flexibility index (Phi) is 6.34. The summed E-state index contributed by atoms with van der Waals surface area (Å²) in [5.41, 5.74) is 10.4. The molecule has 0 bridgehead atoms. The van der Waals surface area contributed by atoms with Gasteiger partial charge in [0.15, 0.2) is 0 Å². The van der Waals surface area contributed by atoms with Gasteiger partial charge in [0.05, 0.1) is 4.86 Å². The lowest BCUT2D eigenvalue weighted by Gasteiger charge is -2.22. The highest BCUT2D eigenvalue weighted by molar-refractivity contribution is 7.81. The second kappa shape index (κ2) is 7.43. The van der Waals surface area contributed by atoms with Crippen molar-refractivity contribution in [1.82, 2.24) is 0 Å². The van der Waals surface area contributed by atoms with Crippen molar-refractivity contribution in [3.63, 3.8) is 0 Å². The zero-order valence-electron chi connectivity index (χ0n) is 14.0. The molecule has 0 aliphatic rings. The Labute approximate surface area is 150 Å². The van der Waals surface area contributed by atoms with Gasteiger partial charge in [-0.3, -0.25) is 0 Å². The molecule has 0 spiro atoms. The van der Waals surface area contributed by atoms with Crippen LogP contribution in [0.15, 0.2) is 36.4 Å². The van der Waals surface area contributed by atoms with Gasteiger partial charge in [-0.2, -0.15) is 0 Å². The van der Waals surface area contributed by atoms with E-state index in [1.807, 2.05) is 43.3 Å². The molecule has 2 aromatic carbocycles. The highest BCUT2D eigenvalue weighted by atomic mass is 35.5. The summed E-state index contributed by atoms with van der Waals surface area (Å²) in [7, 11) is 0. The second-order valence-corrected chi connectivity index (χ2v) is 7.09. The Bertz CT molecular complexity index is 703. The molecule has 2 aromatic rings. The maximum Gasteiger partial charge on any atom is 0.128 e. The number of hydrogen-bond donors (Lipinski definition) is 2. The van der Waals surface area contributed by atoms with Gasteiger partial charge >= 0.3 is 0 Å². The third-order valence-electron chi connectivity index (χ3n) is 3.83. The van der Waals surface area contributed by atoms with Crippen molar-refractivity contribution in [1.29, 1.82) is 0 Å². The summed E-state index contributed by atoms with van der Waals surface area (Å²) in [6.07, 6.45) is 0. The van der Waals surface area contributed by atoms with E-state index in [2.05, 4.69) is 20.8 Å². The molecule has 0 radical (unpaired) electrons. The zero-order chi connectivity index (χ0) is 16.5. The molecule has 2 rings (SSSR count). The van der Waals surface area contributed by atoms with Crippen LogP contribution in [0.5, 0.6) is 5.75 Å². The minimum atomic E-state index is -0.0325. The molecular weight excluding hydrogens is 326 g/mol. The molecule has 0 atom stereocenters. The number of halogens is 1. The van der Waals surface area contributed by atoms with E-state index in [0.29, 0.717) is 17.0 Å². The molecule has 23 heavy (non-hydrogen) atoms. The molecule has 0 unspecified atom stereocenters. The van der Waals surface area contributed by atoms with Crippen LogP contribution in [0.25, 0.3) is 0 Å². The molecule has 0 aliphatic heterocycles. The molecule has 0 saturated heterocycles. The van der Waals surface area contributed by atoms with E-state index in [0.717, 1.165) is 16.7 Å². The van der Waals surface area contributed by atoms with E-state index in [1.165, 1.54) is 5.56 Å². The number of thiocarbonyl (C=S) groups is 1. The molecule has 3 N–H and O–H groups in total. The maximum absolute atomic E-state index is 10.5. The molecule has 0 saturated carbocycles. The van der Waals surface area contributed by atoms with Gasteiger partial charge in [0.2, 0.25) is 0 Å². The summed E-state index contributed by atoms with van der Waals surface area (Å²) < 4.78 is 0. The average molecular weight is 350 g/mol. The molecule has 0 aliphatic carbocycles. The first kappa shape index (κ1) is 19.6. The van der Waals surface area contributed by atoms with E-state index in [1.54, 1.807) is 0 Å². The quantitative estimate of drug-likeness (QED) is 0.626. The summed E-state index contributed by atoms with van der Waals surface area (Å²) in [6.45, 7) is 8.74. The smallest absolute Gasteiger partial charge is 0.128 e. The monoisotopic (exact) mass is 349 g/mol. The molecule has 0 aromatic heterocycles. The third-order valence-corrected chi connectivity index (χ3v) is 4.29. The van der Waals surface area contributed by atoms with E-state index in [4.69, 9.17) is 18.0 Å². The normalized spacial score (nSPS) is 11.0. The summed E-state index contributed by atoms with van der Waals surface area (Å²) in [6, 6.07) is 12.0. The van der Waals surface area contributed by atoms with Gasteiger partial charge in [-0.05, 0) is 29.5 Å². The predicted octanol–water partition coefficient (Wildman–Crippen LogP) is 4.64. The summed E-state index contributed by atoms with van der Waals surface area (Å²) in [4.78, 5) is 0.651. The van der Waals surface area contributed by atoms with Crippen LogP contribution in [-0.2, 0) is 12.0 Å². The number of aromatic hydroxyl groups is 1. The van der Waals surface area contributed by atoms with Crippen LogP contribution in [0.4, 0.5) is 0 Å².